The Morgan fingerprint density at radius 2 is 1.48 bits per heavy atom. The monoisotopic (exact) mass is 762 g/mol. The number of H-pyrrole nitrogens is 1. The van der Waals surface area contributed by atoms with Crippen LogP contribution < -0.4 is 48.7 Å². The summed E-state index contributed by atoms with van der Waals surface area (Å²) in [7, 11) is 0. The lowest BCUT2D eigenvalue weighted by Gasteiger charge is -2.26. The molecule has 1 fully saturated rings. The van der Waals surface area contributed by atoms with E-state index in [1.165, 1.54) is 19.4 Å². The molecule has 13 N–H and O–H groups in total. The third-order valence-electron chi connectivity index (χ3n) is 8.42. The molecule has 302 valence electrons. The number of aliphatic carboxylic acids is 1. The van der Waals surface area contributed by atoms with Gasteiger partial charge in [0.25, 0.3) is 0 Å². The number of hydrogen-bond acceptors (Lipinski definition) is 10. The lowest BCUT2D eigenvalue weighted by atomic mass is 10.0. The molecule has 0 aliphatic carbocycles. The van der Waals surface area contributed by atoms with Crippen LogP contribution in [0.4, 0.5) is 0 Å². The van der Waals surface area contributed by atoms with Crippen LogP contribution >= 0.6 is 0 Å². The Morgan fingerprint density at radius 3 is 2.04 bits per heavy atom. The molecule has 6 amide bonds. The molecule has 2 heterocycles. The third kappa shape index (κ3) is 16.6. The molecule has 0 saturated carbocycles. The molecule has 6 atom stereocenters. The number of carboxylic acids is 1. The Morgan fingerprint density at radius 1 is 0.852 bits per heavy atom. The van der Waals surface area contributed by atoms with E-state index in [4.69, 9.17) is 11.5 Å². The van der Waals surface area contributed by atoms with Gasteiger partial charge in [0, 0.05) is 24.9 Å². The normalized spacial score (nSPS) is 16.6. The van der Waals surface area contributed by atoms with E-state index in [0.717, 1.165) is 6.42 Å². The van der Waals surface area contributed by atoms with Crippen LogP contribution in [0.15, 0.2) is 17.5 Å². The number of carboxylic acid groups (broad SMARTS) is 1. The predicted molar refractivity (Wildman–Crippen MR) is 198 cm³/mol. The van der Waals surface area contributed by atoms with Gasteiger partial charge < -0.3 is 58.8 Å². The van der Waals surface area contributed by atoms with E-state index in [1.807, 2.05) is 27.7 Å². The average molecular weight is 763 g/mol. The average Bonchev–Trinajstić information content (AvgIpc) is 3.82. The molecule has 0 bridgehead atoms. The Hall–Kier alpha value is -5.27. The van der Waals surface area contributed by atoms with E-state index < -0.39 is 72.3 Å². The maximum Gasteiger partial charge on any atom is 0.326 e. The van der Waals surface area contributed by atoms with Gasteiger partial charge in [0.1, 0.15) is 30.2 Å². The number of imidazole rings is 1. The molecule has 1 aliphatic rings. The number of carbonyl (C=O) groups excluding carboxylic acids is 6. The zero-order valence-corrected chi connectivity index (χ0v) is 31.7. The third-order valence-corrected chi connectivity index (χ3v) is 8.42. The Balaban J connectivity index is 2.08. The molecule has 1 aromatic heterocycles. The van der Waals surface area contributed by atoms with Gasteiger partial charge in [0.05, 0.1) is 18.9 Å². The van der Waals surface area contributed by atoms with Crippen molar-refractivity contribution in [2.45, 2.75) is 116 Å². The van der Waals surface area contributed by atoms with E-state index in [1.54, 1.807) is 0 Å². The Kier molecular flexibility index (Phi) is 18.9. The topological polar surface area (TPSA) is 317 Å². The summed E-state index contributed by atoms with van der Waals surface area (Å²) < 4.78 is 0. The molecule has 1 aliphatic heterocycles. The van der Waals surface area contributed by atoms with E-state index in [-0.39, 0.29) is 62.0 Å². The molecular formula is C34H58N12O8. The number of nitrogens with zero attached hydrogens (tertiary/aromatic N) is 2. The lowest BCUT2D eigenvalue weighted by molar-refractivity contribution is -0.142. The molecule has 2 rings (SSSR count). The molecule has 20 nitrogen and oxygen atoms in total. The van der Waals surface area contributed by atoms with E-state index in [0.29, 0.717) is 25.1 Å². The fourth-order valence-corrected chi connectivity index (χ4v) is 5.66. The fourth-order valence-electron chi connectivity index (χ4n) is 5.66. The highest BCUT2D eigenvalue weighted by Gasteiger charge is 2.32. The summed E-state index contributed by atoms with van der Waals surface area (Å²) >= 11 is 0. The number of rotatable bonds is 23. The minimum atomic E-state index is -1.28. The first kappa shape index (κ1) is 44.9. The zero-order chi connectivity index (χ0) is 40.4. The highest BCUT2D eigenvalue weighted by molar-refractivity contribution is 5.96. The van der Waals surface area contributed by atoms with Crippen LogP contribution in [0.2, 0.25) is 0 Å². The number of aromatic nitrogens is 2. The smallest absolute Gasteiger partial charge is 0.326 e. The number of aliphatic imine (C=N–C) groups is 1. The van der Waals surface area contributed by atoms with Crippen molar-refractivity contribution >= 4 is 47.4 Å². The van der Waals surface area contributed by atoms with Gasteiger partial charge in [-0.25, -0.2) is 9.78 Å². The first-order valence-electron chi connectivity index (χ1n) is 18.2. The van der Waals surface area contributed by atoms with E-state index in [2.05, 4.69) is 52.2 Å². The molecule has 6 unspecified atom stereocenters. The van der Waals surface area contributed by atoms with Gasteiger partial charge in [-0.15, -0.1) is 0 Å². The Bertz CT molecular complexity index is 1440. The summed E-state index contributed by atoms with van der Waals surface area (Å²) in [6.07, 6.45) is 5.13. The van der Waals surface area contributed by atoms with Crippen molar-refractivity contribution in [3.63, 3.8) is 0 Å². The van der Waals surface area contributed by atoms with Gasteiger partial charge in [0.2, 0.25) is 35.4 Å². The van der Waals surface area contributed by atoms with Crippen LogP contribution in [0.25, 0.3) is 0 Å². The van der Waals surface area contributed by atoms with Crippen LogP contribution in [0, 0.1) is 11.8 Å². The summed E-state index contributed by atoms with van der Waals surface area (Å²) in [5.74, 6) is -5.14. The number of guanidine groups is 1. The van der Waals surface area contributed by atoms with Gasteiger partial charge in [-0.3, -0.25) is 33.8 Å². The minimum absolute atomic E-state index is 0.0247. The summed E-state index contributed by atoms with van der Waals surface area (Å²) in [4.78, 5) is 101. The second-order valence-corrected chi connectivity index (χ2v) is 14.2. The van der Waals surface area contributed by atoms with Crippen LogP contribution in [-0.4, -0.2) is 118 Å². The number of hydrogen-bond donors (Lipinski definition) is 11. The van der Waals surface area contributed by atoms with Crippen molar-refractivity contribution in [3.05, 3.63) is 18.2 Å². The summed E-state index contributed by atoms with van der Waals surface area (Å²) in [6, 6.07) is -6.07. The summed E-state index contributed by atoms with van der Waals surface area (Å²) in [5, 5.41) is 28.2. The summed E-state index contributed by atoms with van der Waals surface area (Å²) in [5.41, 5.74) is 11.1. The number of carbonyl (C=O) groups is 7. The molecule has 0 spiro atoms. The zero-order valence-electron chi connectivity index (χ0n) is 31.7. The maximum atomic E-state index is 13.6. The molecule has 1 aromatic rings. The van der Waals surface area contributed by atoms with Gasteiger partial charge in [-0.05, 0) is 63.8 Å². The van der Waals surface area contributed by atoms with Crippen LogP contribution in [0.5, 0.6) is 0 Å². The first-order valence-corrected chi connectivity index (χ1v) is 18.2. The lowest BCUT2D eigenvalue weighted by Crippen LogP contribution is -2.58. The van der Waals surface area contributed by atoms with Crippen molar-refractivity contribution < 1.29 is 38.7 Å². The molecule has 0 aromatic carbocycles. The second kappa shape index (κ2) is 22.7. The number of nitrogens with two attached hydrogens (primary N) is 2. The van der Waals surface area contributed by atoms with Crippen LogP contribution in [0.1, 0.15) is 78.8 Å². The van der Waals surface area contributed by atoms with Crippen LogP contribution in [0.3, 0.4) is 0 Å². The molecule has 54 heavy (non-hydrogen) atoms. The minimum Gasteiger partial charge on any atom is -0.480 e. The second-order valence-electron chi connectivity index (χ2n) is 14.2. The van der Waals surface area contributed by atoms with Gasteiger partial charge in [-0.1, -0.05) is 27.7 Å². The van der Waals surface area contributed by atoms with Gasteiger partial charge >= 0.3 is 5.97 Å². The quantitative estimate of drug-likeness (QED) is 0.0313. The highest BCUT2D eigenvalue weighted by Crippen LogP contribution is 2.10. The molecule has 20 heteroatoms. The van der Waals surface area contributed by atoms with Crippen molar-refractivity contribution in [1.82, 2.24) is 47.2 Å². The van der Waals surface area contributed by atoms with Crippen LogP contribution in [-0.2, 0) is 40.0 Å². The number of amides is 6. The summed E-state index contributed by atoms with van der Waals surface area (Å²) in [6.45, 7) is 9.27. The van der Waals surface area contributed by atoms with Crippen molar-refractivity contribution in [1.29, 1.82) is 0 Å². The molecule has 0 radical (unpaired) electrons. The highest BCUT2D eigenvalue weighted by atomic mass is 16.4. The SMILES string of the molecule is CC(C)CC(NC(=O)CNC(=O)C(CC(C)C)NC(=O)C1CCCN1)C(=O)NC(Cc1cnc[nH]1)C(=O)NC(C)C(=O)NC(CCCN=C(N)N)C(=O)O. The molecular weight excluding hydrogens is 704 g/mol. The van der Waals surface area contributed by atoms with E-state index in [9.17, 15) is 38.7 Å². The van der Waals surface area contributed by atoms with E-state index >= 15 is 0 Å². The predicted octanol–water partition coefficient (Wildman–Crippen LogP) is -2.51. The standard InChI is InChI=1S/C34H58N12O8/c1-18(2)12-24(45-30(50)22-8-6-10-38-22)29(49)40-16-27(47)43-25(13-19(3)4)32(52)46-26(14-21-15-37-17-41-21)31(51)42-20(5)28(48)44-23(33(53)54)9-7-11-39-34(35)36/h15,17-20,22-26,38H,6-14,16H2,1-5H3,(H,37,41)(H,40,49)(H,42,51)(H,43,47)(H,44,48)(H,45,50)(H,46,52)(H,53,54)(H4,35,36,39). The van der Waals surface area contributed by atoms with Crippen molar-refractivity contribution in [3.8, 4) is 0 Å². The molecule has 1 saturated heterocycles. The number of nitrogens with one attached hydrogen (secondary N) is 8. The largest absolute Gasteiger partial charge is 0.480 e. The van der Waals surface area contributed by atoms with Crippen molar-refractivity contribution in [2.24, 2.45) is 28.3 Å². The Labute approximate surface area is 315 Å². The maximum absolute atomic E-state index is 13.6. The van der Waals surface area contributed by atoms with Gasteiger partial charge in [0.15, 0.2) is 5.96 Å². The fraction of sp³-hybridized carbons (Fsp3) is 0.676. The van der Waals surface area contributed by atoms with Gasteiger partial charge in [-0.2, -0.15) is 0 Å². The van der Waals surface area contributed by atoms with Crippen molar-refractivity contribution in [2.75, 3.05) is 19.6 Å². The number of aromatic amines is 1. The first-order chi connectivity index (χ1) is 25.5.